The van der Waals surface area contributed by atoms with E-state index in [2.05, 4.69) is 36.0 Å². The van der Waals surface area contributed by atoms with E-state index < -0.39 is 0 Å². The van der Waals surface area contributed by atoms with Crippen molar-refractivity contribution in [3.63, 3.8) is 0 Å². The van der Waals surface area contributed by atoms with E-state index in [4.69, 9.17) is 11.6 Å². The summed E-state index contributed by atoms with van der Waals surface area (Å²) in [6, 6.07) is 10.6. The Balaban J connectivity index is 2.59. The van der Waals surface area contributed by atoms with Gasteiger partial charge < -0.3 is 4.90 Å². The number of hydrogen-bond donors (Lipinski definition) is 0. The number of fused-ring (bicyclic) bond motifs is 1. The minimum absolute atomic E-state index is 0.307. The fraction of sp³-hybridized carbons (Fsp3) is 0.357. The Hall–Kier alpha value is -1.28. The number of aryl methyl sites for hydroxylation is 1. The van der Waals surface area contributed by atoms with Crippen molar-refractivity contribution in [1.82, 2.24) is 4.98 Å². The smallest absolute Gasteiger partial charge is 0.0726 e. The molecule has 2 aromatic rings. The van der Waals surface area contributed by atoms with Crippen LogP contribution in [0.15, 0.2) is 30.3 Å². The number of hydrogen-bond acceptors (Lipinski definition) is 2. The third-order valence-corrected chi connectivity index (χ3v) is 3.53. The number of anilines is 1. The molecule has 0 saturated carbocycles. The molecule has 0 aliphatic rings. The quantitative estimate of drug-likeness (QED) is 0.772. The predicted molar refractivity (Wildman–Crippen MR) is 75.1 cm³/mol. The number of benzene rings is 1. The van der Waals surface area contributed by atoms with E-state index in [1.165, 1.54) is 11.1 Å². The number of nitrogens with zero attached hydrogens (tertiary/aromatic N) is 2. The molecule has 1 atom stereocenters. The Morgan fingerprint density at radius 2 is 2.06 bits per heavy atom. The van der Waals surface area contributed by atoms with Gasteiger partial charge >= 0.3 is 0 Å². The molecular weight excluding hydrogens is 232 g/mol. The summed E-state index contributed by atoms with van der Waals surface area (Å²) in [7, 11) is 2.08. The number of rotatable bonds is 3. The van der Waals surface area contributed by atoms with Crippen LogP contribution in [0.1, 0.15) is 12.6 Å². The average Bonchev–Trinajstić information content (AvgIpc) is 2.35. The van der Waals surface area contributed by atoms with Gasteiger partial charge in [0.1, 0.15) is 0 Å². The third-order valence-electron chi connectivity index (χ3n) is 3.09. The van der Waals surface area contributed by atoms with E-state index in [9.17, 15) is 0 Å². The van der Waals surface area contributed by atoms with Crippen molar-refractivity contribution in [2.45, 2.75) is 19.9 Å². The monoisotopic (exact) mass is 248 g/mol. The Kier molecular flexibility index (Phi) is 3.53. The van der Waals surface area contributed by atoms with Gasteiger partial charge in [-0.25, -0.2) is 0 Å². The van der Waals surface area contributed by atoms with Crippen LogP contribution in [0.4, 0.5) is 5.69 Å². The van der Waals surface area contributed by atoms with Crippen molar-refractivity contribution in [2.75, 3.05) is 17.8 Å². The van der Waals surface area contributed by atoms with Crippen molar-refractivity contribution in [3.05, 3.63) is 36.0 Å². The summed E-state index contributed by atoms with van der Waals surface area (Å²) in [4.78, 5) is 6.76. The van der Waals surface area contributed by atoms with Gasteiger partial charge in [0, 0.05) is 35.7 Å². The minimum atomic E-state index is 0.307. The van der Waals surface area contributed by atoms with Crippen LogP contribution in [0.2, 0.25) is 0 Å². The first-order chi connectivity index (χ1) is 8.13. The van der Waals surface area contributed by atoms with Gasteiger partial charge in [0.25, 0.3) is 0 Å². The molecule has 0 fully saturated rings. The second kappa shape index (κ2) is 4.92. The highest BCUT2D eigenvalue weighted by Gasteiger charge is 2.12. The lowest BCUT2D eigenvalue weighted by Gasteiger charge is -2.26. The molecule has 17 heavy (non-hydrogen) atoms. The molecule has 0 aliphatic carbocycles. The van der Waals surface area contributed by atoms with Gasteiger partial charge in [-0.1, -0.05) is 18.2 Å². The molecule has 0 amide bonds. The Morgan fingerprint density at radius 1 is 1.35 bits per heavy atom. The zero-order chi connectivity index (χ0) is 12.4. The molecule has 0 spiro atoms. The van der Waals surface area contributed by atoms with Crippen molar-refractivity contribution in [1.29, 1.82) is 0 Å². The molecule has 1 aromatic carbocycles. The SMILES string of the molecule is Cc1cc(N(C)C(C)CCl)c2ccccc2n1. The van der Waals surface area contributed by atoms with Crippen LogP contribution in [0, 0.1) is 6.92 Å². The summed E-state index contributed by atoms with van der Waals surface area (Å²) in [5, 5.41) is 1.18. The van der Waals surface area contributed by atoms with E-state index in [1.54, 1.807) is 0 Å². The Labute approximate surface area is 107 Å². The molecule has 3 heteroatoms. The fourth-order valence-electron chi connectivity index (χ4n) is 1.92. The highest BCUT2D eigenvalue weighted by atomic mass is 35.5. The zero-order valence-corrected chi connectivity index (χ0v) is 11.2. The van der Waals surface area contributed by atoms with E-state index >= 15 is 0 Å². The predicted octanol–water partition coefficient (Wildman–Crippen LogP) is 3.61. The Morgan fingerprint density at radius 3 is 2.76 bits per heavy atom. The summed E-state index contributed by atoms with van der Waals surface area (Å²) in [5.41, 5.74) is 3.27. The summed E-state index contributed by atoms with van der Waals surface area (Å²) in [5.74, 6) is 0.617. The fourth-order valence-corrected chi connectivity index (χ4v) is 2.13. The van der Waals surface area contributed by atoms with E-state index in [-0.39, 0.29) is 0 Å². The highest BCUT2D eigenvalue weighted by Crippen LogP contribution is 2.27. The van der Waals surface area contributed by atoms with Crippen LogP contribution in [0.25, 0.3) is 10.9 Å². The second-order valence-corrected chi connectivity index (χ2v) is 4.72. The molecular formula is C14H17ClN2. The molecule has 0 radical (unpaired) electrons. The van der Waals surface area contributed by atoms with Gasteiger partial charge in [0.15, 0.2) is 0 Å². The first kappa shape index (κ1) is 12.2. The Bertz CT molecular complexity index is 525. The van der Waals surface area contributed by atoms with E-state index in [1.807, 2.05) is 25.1 Å². The van der Waals surface area contributed by atoms with Crippen LogP contribution in [0.3, 0.4) is 0 Å². The van der Waals surface area contributed by atoms with Crippen LogP contribution in [0.5, 0.6) is 0 Å². The van der Waals surface area contributed by atoms with Crippen molar-refractivity contribution < 1.29 is 0 Å². The lowest BCUT2D eigenvalue weighted by Crippen LogP contribution is -2.30. The lowest BCUT2D eigenvalue weighted by atomic mass is 10.1. The van der Waals surface area contributed by atoms with Gasteiger partial charge in [0.05, 0.1) is 5.52 Å². The molecule has 0 aliphatic heterocycles. The average molecular weight is 249 g/mol. The standard InChI is InChI=1S/C14H17ClN2/c1-10-8-14(17(3)11(2)9-15)12-6-4-5-7-13(12)16-10/h4-8,11H,9H2,1-3H3. The molecule has 2 rings (SSSR count). The topological polar surface area (TPSA) is 16.1 Å². The van der Waals surface area contributed by atoms with Gasteiger partial charge in [-0.15, -0.1) is 11.6 Å². The summed E-state index contributed by atoms with van der Waals surface area (Å²) < 4.78 is 0. The van der Waals surface area contributed by atoms with Crippen LogP contribution in [-0.2, 0) is 0 Å². The second-order valence-electron chi connectivity index (χ2n) is 4.41. The van der Waals surface area contributed by atoms with Gasteiger partial charge in [-0.3, -0.25) is 4.98 Å². The lowest BCUT2D eigenvalue weighted by molar-refractivity contribution is 0.763. The first-order valence-corrected chi connectivity index (χ1v) is 6.32. The normalized spacial score (nSPS) is 12.7. The van der Waals surface area contributed by atoms with Gasteiger partial charge in [0.2, 0.25) is 0 Å². The van der Waals surface area contributed by atoms with Crippen LogP contribution < -0.4 is 4.90 Å². The summed E-state index contributed by atoms with van der Waals surface area (Å²) in [6.45, 7) is 4.15. The van der Waals surface area contributed by atoms with Gasteiger partial charge in [-0.2, -0.15) is 0 Å². The molecule has 0 bridgehead atoms. The van der Waals surface area contributed by atoms with Crippen LogP contribution in [-0.4, -0.2) is 24.0 Å². The molecule has 90 valence electrons. The molecule has 1 heterocycles. The third kappa shape index (κ3) is 2.37. The maximum atomic E-state index is 5.93. The summed E-state index contributed by atoms with van der Waals surface area (Å²) >= 11 is 5.93. The number of pyridine rings is 1. The first-order valence-electron chi connectivity index (χ1n) is 5.78. The number of halogens is 1. The maximum absolute atomic E-state index is 5.93. The van der Waals surface area contributed by atoms with E-state index in [0.717, 1.165) is 11.2 Å². The number of aromatic nitrogens is 1. The van der Waals surface area contributed by atoms with E-state index in [0.29, 0.717) is 11.9 Å². The molecule has 2 nitrogen and oxygen atoms in total. The number of para-hydroxylation sites is 1. The minimum Gasteiger partial charge on any atom is -0.370 e. The summed E-state index contributed by atoms with van der Waals surface area (Å²) in [6.07, 6.45) is 0. The number of alkyl halides is 1. The molecule has 0 saturated heterocycles. The van der Waals surface area contributed by atoms with Crippen molar-refractivity contribution >= 4 is 28.2 Å². The van der Waals surface area contributed by atoms with Gasteiger partial charge in [-0.05, 0) is 26.0 Å². The molecule has 1 aromatic heterocycles. The van der Waals surface area contributed by atoms with Crippen LogP contribution >= 0.6 is 11.6 Å². The zero-order valence-electron chi connectivity index (χ0n) is 10.4. The van der Waals surface area contributed by atoms with Crippen molar-refractivity contribution in [3.8, 4) is 0 Å². The molecule has 1 unspecified atom stereocenters. The van der Waals surface area contributed by atoms with Crippen molar-refractivity contribution in [2.24, 2.45) is 0 Å². The molecule has 0 N–H and O–H groups in total. The largest absolute Gasteiger partial charge is 0.370 e. The maximum Gasteiger partial charge on any atom is 0.0726 e. The highest BCUT2D eigenvalue weighted by molar-refractivity contribution is 6.18.